The Balaban J connectivity index is 4.27. The molecule has 0 aliphatic carbocycles. The molecule has 0 amide bonds. The van der Waals surface area contributed by atoms with Crippen LogP contribution >= 0.6 is 23.5 Å². The van der Waals surface area contributed by atoms with Crippen LogP contribution in [0.15, 0.2) is 0 Å². The van der Waals surface area contributed by atoms with Crippen molar-refractivity contribution in [1.29, 1.82) is 0 Å². The van der Waals surface area contributed by atoms with Crippen LogP contribution in [0.25, 0.3) is 0 Å². The predicted molar refractivity (Wildman–Crippen MR) is 91.0 cm³/mol. The highest BCUT2D eigenvalue weighted by Crippen LogP contribution is 2.50. The van der Waals surface area contributed by atoms with Crippen molar-refractivity contribution in [2.75, 3.05) is 23.0 Å². The van der Waals surface area contributed by atoms with Crippen LogP contribution in [0.1, 0.15) is 25.7 Å². The minimum atomic E-state index is -6.18. The third-order valence-corrected chi connectivity index (χ3v) is 6.38. The van der Waals surface area contributed by atoms with Gasteiger partial charge in [0.05, 0.1) is 6.10 Å². The molecule has 0 bridgehead atoms. The lowest BCUT2D eigenvalue weighted by molar-refractivity contribution is -0.343. The normalized spacial score (nSPS) is 15.8. The summed E-state index contributed by atoms with van der Waals surface area (Å²) < 4.78 is 175. The smallest absolute Gasteiger partial charge is 0.391 e. The molecule has 1 atom stereocenters. The van der Waals surface area contributed by atoms with E-state index in [4.69, 9.17) is 0 Å². The maximum atomic E-state index is 13.4. The molecule has 0 aliphatic heterocycles. The molecule has 194 valence electrons. The summed E-state index contributed by atoms with van der Waals surface area (Å²) in [6.07, 6.45) is -30.9. The molecule has 0 aromatic rings. The number of hydrogen-bond acceptors (Lipinski definition) is 3. The van der Waals surface area contributed by atoms with Gasteiger partial charge in [-0.1, -0.05) is 0 Å². The van der Waals surface area contributed by atoms with Crippen LogP contribution in [-0.2, 0) is 0 Å². The number of alkyl halides is 14. The Kier molecular flexibility index (Phi) is 11.3. The van der Waals surface area contributed by atoms with Crippen LogP contribution in [0.3, 0.4) is 0 Å². The third kappa shape index (κ3) is 8.47. The molecule has 0 heterocycles. The minimum absolute atomic E-state index is 0.0940. The van der Waals surface area contributed by atoms with Crippen LogP contribution in [0.5, 0.6) is 0 Å². The Morgan fingerprint density at radius 1 is 0.500 bits per heavy atom. The molecule has 0 aliphatic rings. The monoisotopic (exact) mass is 544 g/mol. The van der Waals surface area contributed by atoms with E-state index in [1.54, 1.807) is 0 Å². The zero-order valence-corrected chi connectivity index (χ0v) is 17.4. The third-order valence-electron chi connectivity index (χ3n) is 4.07. The van der Waals surface area contributed by atoms with E-state index in [-0.39, 0.29) is 17.9 Å². The fourth-order valence-corrected chi connectivity index (χ4v) is 4.26. The summed E-state index contributed by atoms with van der Waals surface area (Å²) in [4.78, 5) is 0. The van der Waals surface area contributed by atoms with Gasteiger partial charge < -0.3 is 5.11 Å². The molecule has 0 aromatic carbocycles. The van der Waals surface area contributed by atoms with E-state index in [0.29, 0.717) is 11.8 Å². The van der Waals surface area contributed by atoms with E-state index in [1.165, 1.54) is 0 Å². The second-order valence-electron chi connectivity index (χ2n) is 6.60. The molecule has 32 heavy (non-hydrogen) atoms. The lowest BCUT2D eigenvalue weighted by Crippen LogP contribution is -2.53. The average molecular weight is 544 g/mol. The molecule has 0 radical (unpaired) electrons. The second kappa shape index (κ2) is 11.4. The summed E-state index contributed by atoms with van der Waals surface area (Å²) >= 11 is 1.21. The highest BCUT2D eigenvalue weighted by atomic mass is 32.2. The maximum Gasteiger partial charge on any atom is 0.431 e. The molecule has 0 saturated heterocycles. The van der Waals surface area contributed by atoms with Gasteiger partial charge in [-0.05, 0) is 30.8 Å². The number of aliphatic hydroxyl groups is 1. The van der Waals surface area contributed by atoms with Crippen LogP contribution in [0.2, 0.25) is 0 Å². The predicted octanol–water partition coefficient (Wildman–Crippen LogP) is 7.04. The van der Waals surface area contributed by atoms with Crippen molar-refractivity contribution in [2.45, 2.75) is 67.8 Å². The fraction of sp³-hybridized carbons (Fsp3) is 1.00. The molecule has 0 rings (SSSR count). The molecule has 1 unspecified atom stereocenters. The zero-order valence-electron chi connectivity index (χ0n) is 15.8. The molecule has 1 N–H and O–H groups in total. The Labute approximate surface area is 181 Å². The first-order valence-electron chi connectivity index (χ1n) is 8.58. The van der Waals surface area contributed by atoms with Gasteiger partial charge in [-0.15, -0.1) is 0 Å². The first-order valence-corrected chi connectivity index (χ1v) is 10.9. The van der Waals surface area contributed by atoms with Gasteiger partial charge >= 0.3 is 24.7 Å². The van der Waals surface area contributed by atoms with Crippen molar-refractivity contribution < 1.29 is 66.6 Å². The molecule has 0 fully saturated rings. The highest BCUT2D eigenvalue weighted by molar-refractivity contribution is 8.00. The number of aliphatic hydroxyl groups excluding tert-OH is 1. The molecule has 0 spiro atoms. The quantitative estimate of drug-likeness (QED) is 0.210. The van der Waals surface area contributed by atoms with Gasteiger partial charge in [-0.3, -0.25) is 0 Å². The summed E-state index contributed by atoms with van der Waals surface area (Å²) in [5, 5.41) is 9.56. The van der Waals surface area contributed by atoms with E-state index >= 15 is 0 Å². The van der Waals surface area contributed by atoms with Crippen LogP contribution in [-0.4, -0.2) is 70.3 Å². The zero-order chi connectivity index (χ0) is 25.6. The summed E-state index contributed by atoms with van der Waals surface area (Å²) in [5.41, 5.74) is -10.8. The molecular weight excluding hydrogens is 526 g/mol. The van der Waals surface area contributed by atoms with Gasteiger partial charge in [-0.25, -0.2) is 8.78 Å². The van der Waals surface area contributed by atoms with Crippen molar-refractivity contribution in [1.82, 2.24) is 0 Å². The first kappa shape index (κ1) is 31.7. The van der Waals surface area contributed by atoms with E-state index in [0.717, 1.165) is 11.8 Å². The Bertz CT molecular complexity index is 526. The summed E-state index contributed by atoms with van der Waals surface area (Å²) in [6.45, 7) is 0. The van der Waals surface area contributed by atoms with Gasteiger partial charge in [0.1, 0.15) is 0 Å². The molecular formula is C15H18F14OS2. The van der Waals surface area contributed by atoms with Crippen molar-refractivity contribution in [2.24, 2.45) is 0 Å². The maximum absolute atomic E-state index is 13.4. The van der Waals surface area contributed by atoms with Gasteiger partial charge in [0.2, 0.25) is 0 Å². The number of thioether (sulfide) groups is 2. The molecule has 0 aromatic heterocycles. The molecule has 17 heteroatoms. The van der Waals surface area contributed by atoms with Crippen molar-refractivity contribution in [3.05, 3.63) is 0 Å². The van der Waals surface area contributed by atoms with Crippen LogP contribution < -0.4 is 0 Å². The Hall–Kier alpha value is -0.320. The lowest BCUT2D eigenvalue weighted by Gasteiger charge is -2.29. The average Bonchev–Trinajstić information content (AvgIpc) is 2.57. The molecule has 1 nitrogen and oxygen atoms in total. The van der Waals surface area contributed by atoms with Gasteiger partial charge in [0.25, 0.3) is 11.3 Å². The summed E-state index contributed by atoms with van der Waals surface area (Å²) in [7, 11) is 0. The number of unbranched alkanes of at least 4 members (excludes halogenated alkanes) is 1. The number of hydrogen-bond donors (Lipinski definition) is 1. The molecule has 0 saturated carbocycles. The minimum Gasteiger partial charge on any atom is -0.391 e. The number of halogens is 14. The van der Waals surface area contributed by atoms with Crippen LogP contribution in [0, 0.1) is 0 Å². The van der Waals surface area contributed by atoms with Gasteiger partial charge in [-0.2, -0.15) is 76.2 Å². The van der Waals surface area contributed by atoms with Crippen LogP contribution in [0.4, 0.5) is 61.5 Å². The van der Waals surface area contributed by atoms with E-state index in [1.807, 2.05) is 0 Å². The Morgan fingerprint density at radius 3 is 1.22 bits per heavy atom. The van der Waals surface area contributed by atoms with Crippen molar-refractivity contribution in [3.63, 3.8) is 0 Å². The van der Waals surface area contributed by atoms with Crippen molar-refractivity contribution >= 4 is 23.5 Å². The van der Waals surface area contributed by atoms with Crippen molar-refractivity contribution in [3.8, 4) is 0 Å². The standard InChI is InChI=1S/C15H18F14OS2/c16-10(12(18,19)20,13(21,22)23)3-1-2-5-31-7-9(30)8-32-6-4-11(17,14(24,25)26)15(27,28)29/h9,30H,1-8H2. The highest BCUT2D eigenvalue weighted by Gasteiger charge is 2.72. The van der Waals surface area contributed by atoms with E-state index in [9.17, 15) is 66.6 Å². The van der Waals surface area contributed by atoms with Gasteiger partial charge in [0, 0.05) is 17.9 Å². The SMILES string of the molecule is OC(CSCCCCC(F)(C(F)(F)F)C(F)(F)F)CSCCC(F)(C(F)(F)F)C(F)(F)F. The largest absolute Gasteiger partial charge is 0.431 e. The summed E-state index contributed by atoms with van der Waals surface area (Å²) in [6, 6.07) is 0. The summed E-state index contributed by atoms with van der Waals surface area (Å²) in [5.74, 6) is -1.63. The van der Waals surface area contributed by atoms with E-state index < -0.39 is 72.9 Å². The first-order chi connectivity index (χ1) is 14.1. The lowest BCUT2D eigenvalue weighted by atomic mass is 9.97. The number of rotatable bonds is 12. The van der Waals surface area contributed by atoms with E-state index in [2.05, 4.69) is 0 Å². The van der Waals surface area contributed by atoms with Gasteiger partial charge in [0.15, 0.2) is 0 Å². The fourth-order valence-electron chi connectivity index (χ4n) is 2.16. The second-order valence-corrected chi connectivity index (χ2v) is 8.90. The topological polar surface area (TPSA) is 20.2 Å². The Morgan fingerprint density at radius 2 is 0.844 bits per heavy atom.